The lowest BCUT2D eigenvalue weighted by Crippen LogP contribution is -2.61. The van der Waals surface area contributed by atoms with Crippen LogP contribution in [0, 0.1) is 5.92 Å². The molecular weight excluding hydrogens is 256 g/mol. The third-order valence-corrected chi connectivity index (χ3v) is 4.67. The highest BCUT2D eigenvalue weighted by Gasteiger charge is 2.52. The lowest BCUT2D eigenvalue weighted by atomic mass is 9.91. The highest BCUT2D eigenvalue weighted by atomic mass is 16.5. The predicted octanol–water partition coefficient (Wildman–Crippen LogP) is 1.03. The van der Waals surface area contributed by atoms with Gasteiger partial charge in [-0.2, -0.15) is 0 Å². The molecule has 1 atom stereocenters. The fourth-order valence-corrected chi connectivity index (χ4v) is 3.23. The van der Waals surface area contributed by atoms with Crippen molar-refractivity contribution in [3.05, 3.63) is 0 Å². The Morgan fingerprint density at radius 1 is 1.35 bits per heavy atom. The third-order valence-electron chi connectivity index (χ3n) is 4.67. The Hall–Kier alpha value is -0.650. The number of nitrogens with zero attached hydrogens (tertiary/aromatic N) is 1. The molecule has 1 saturated carbocycles. The van der Waals surface area contributed by atoms with Gasteiger partial charge in [-0.15, -0.1) is 0 Å². The third kappa shape index (κ3) is 3.32. The molecule has 0 aromatic rings. The zero-order valence-corrected chi connectivity index (χ0v) is 13.0. The zero-order valence-electron chi connectivity index (χ0n) is 13.0. The van der Waals surface area contributed by atoms with Crippen molar-refractivity contribution >= 4 is 5.97 Å². The van der Waals surface area contributed by atoms with Crippen molar-refractivity contribution in [1.82, 2.24) is 10.2 Å². The van der Waals surface area contributed by atoms with E-state index in [1.54, 1.807) is 0 Å². The number of rotatable bonds is 7. The lowest BCUT2D eigenvalue weighted by Gasteiger charge is -2.39. The fourth-order valence-electron chi connectivity index (χ4n) is 3.23. The number of ether oxygens (including phenoxy) is 2. The number of hydrogen-bond donors (Lipinski definition) is 1. The molecule has 2 aliphatic rings. The van der Waals surface area contributed by atoms with Gasteiger partial charge in [0, 0.05) is 25.8 Å². The first-order valence-electron chi connectivity index (χ1n) is 7.78. The van der Waals surface area contributed by atoms with Gasteiger partial charge in [-0.3, -0.25) is 0 Å². The van der Waals surface area contributed by atoms with E-state index < -0.39 is 5.54 Å². The van der Waals surface area contributed by atoms with Gasteiger partial charge in [-0.25, -0.2) is 4.79 Å². The van der Waals surface area contributed by atoms with Crippen LogP contribution in [0.3, 0.4) is 0 Å². The molecule has 116 valence electrons. The maximum Gasteiger partial charge on any atom is 0.327 e. The number of carbonyl (C=O) groups excluding carboxylic acids is 1. The van der Waals surface area contributed by atoms with Crippen molar-refractivity contribution in [2.75, 3.05) is 40.5 Å². The van der Waals surface area contributed by atoms with E-state index in [9.17, 15) is 4.79 Å². The first-order chi connectivity index (χ1) is 9.64. The van der Waals surface area contributed by atoms with Gasteiger partial charge in [0.05, 0.1) is 6.61 Å². The van der Waals surface area contributed by atoms with Crippen LogP contribution in [0.4, 0.5) is 0 Å². The summed E-state index contributed by atoms with van der Waals surface area (Å²) in [6.45, 7) is 4.68. The Labute approximate surface area is 122 Å². The van der Waals surface area contributed by atoms with Gasteiger partial charge in [0.1, 0.15) is 5.54 Å². The van der Waals surface area contributed by atoms with E-state index in [0.29, 0.717) is 18.6 Å². The Bertz CT molecular complexity index is 327. The minimum absolute atomic E-state index is 0.0936. The summed E-state index contributed by atoms with van der Waals surface area (Å²) in [4.78, 5) is 14.8. The highest BCUT2D eigenvalue weighted by molar-refractivity contribution is 5.82. The van der Waals surface area contributed by atoms with Crippen molar-refractivity contribution in [2.45, 2.75) is 44.2 Å². The number of likely N-dealkylation sites (N-methyl/N-ethyl adjacent to an activating group) is 2. The number of esters is 1. The van der Waals surface area contributed by atoms with Crippen LogP contribution in [0.15, 0.2) is 0 Å². The summed E-state index contributed by atoms with van der Waals surface area (Å²) in [5.41, 5.74) is -0.539. The normalized spacial score (nSPS) is 23.6. The lowest BCUT2D eigenvalue weighted by molar-refractivity contribution is -0.153. The van der Waals surface area contributed by atoms with Crippen LogP contribution >= 0.6 is 0 Å². The minimum Gasteiger partial charge on any atom is -0.465 e. The number of nitrogens with one attached hydrogen (secondary N) is 1. The van der Waals surface area contributed by atoms with Gasteiger partial charge in [-0.1, -0.05) is 0 Å². The van der Waals surface area contributed by atoms with Crippen molar-refractivity contribution in [3.8, 4) is 0 Å². The molecule has 0 spiro atoms. The first kappa shape index (κ1) is 15.7. The van der Waals surface area contributed by atoms with E-state index in [4.69, 9.17) is 9.47 Å². The van der Waals surface area contributed by atoms with Crippen LogP contribution in [-0.4, -0.2) is 62.9 Å². The molecular formula is C15H28N2O3. The fraction of sp³-hybridized carbons (Fsp3) is 0.933. The standard InChI is InChI=1S/C15H28N2O3/c1-4-20-14(18)15(16-2,12-5-6-12)11-17(3)13-7-9-19-10-8-13/h12-13,16H,4-11H2,1-3H3. The Kier molecular flexibility index (Phi) is 5.41. The van der Waals surface area contributed by atoms with Crippen LogP contribution in [0.1, 0.15) is 32.6 Å². The molecule has 0 bridgehead atoms. The van der Waals surface area contributed by atoms with Crippen LogP contribution in [0.25, 0.3) is 0 Å². The largest absolute Gasteiger partial charge is 0.465 e. The van der Waals surface area contributed by atoms with Gasteiger partial charge in [0.2, 0.25) is 0 Å². The smallest absolute Gasteiger partial charge is 0.327 e. The Balaban J connectivity index is 2.04. The molecule has 2 fully saturated rings. The molecule has 1 unspecified atom stereocenters. The van der Waals surface area contributed by atoms with E-state index in [1.165, 1.54) is 0 Å². The van der Waals surface area contributed by atoms with Gasteiger partial charge in [0.25, 0.3) is 0 Å². The molecule has 0 aromatic carbocycles. The maximum atomic E-state index is 12.5. The quantitative estimate of drug-likeness (QED) is 0.708. The van der Waals surface area contributed by atoms with E-state index in [0.717, 1.165) is 45.4 Å². The van der Waals surface area contributed by atoms with Crippen LogP contribution in [0.5, 0.6) is 0 Å². The molecule has 1 aliphatic heterocycles. The molecule has 1 saturated heterocycles. The van der Waals surface area contributed by atoms with E-state index in [1.807, 2.05) is 14.0 Å². The van der Waals surface area contributed by atoms with Gasteiger partial charge >= 0.3 is 5.97 Å². The second-order valence-electron chi connectivity index (χ2n) is 5.97. The Morgan fingerprint density at radius 2 is 2.00 bits per heavy atom. The molecule has 20 heavy (non-hydrogen) atoms. The molecule has 5 nitrogen and oxygen atoms in total. The molecule has 5 heteroatoms. The zero-order chi connectivity index (χ0) is 14.6. The number of hydrogen-bond acceptors (Lipinski definition) is 5. The van der Waals surface area contributed by atoms with Crippen LogP contribution in [0.2, 0.25) is 0 Å². The van der Waals surface area contributed by atoms with Gasteiger partial charge in [-0.05, 0) is 52.6 Å². The SMILES string of the molecule is CCOC(=O)C(CN(C)C1CCOCC1)(NC)C1CC1. The molecule has 1 aliphatic carbocycles. The second kappa shape index (κ2) is 6.87. The summed E-state index contributed by atoms with van der Waals surface area (Å²) in [6, 6.07) is 0.504. The van der Waals surface area contributed by atoms with Crippen molar-refractivity contribution in [1.29, 1.82) is 0 Å². The summed E-state index contributed by atoms with van der Waals surface area (Å²) in [6.07, 6.45) is 4.32. The van der Waals surface area contributed by atoms with Gasteiger partial charge in [0.15, 0.2) is 0 Å². The molecule has 2 rings (SSSR count). The van der Waals surface area contributed by atoms with E-state index >= 15 is 0 Å². The monoisotopic (exact) mass is 284 g/mol. The summed E-state index contributed by atoms with van der Waals surface area (Å²) in [5, 5.41) is 3.28. The first-order valence-corrected chi connectivity index (χ1v) is 7.78. The van der Waals surface area contributed by atoms with Gasteiger partial charge < -0.3 is 19.7 Å². The predicted molar refractivity (Wildman–Crippen MR) is 77.6 cm³/mol. The topological polar surface area (TPSA) is 50.8 Å². The highest BCUT2D eigenvalue weighted by Crippen LogP contribution is 2.41. The summed E-state index contributed by atoms with van der Waals surface area (Å²) >= 11 is 0. The average Bonchev–Trinajstić information content (AvgIpc) is 3.30. The van der Waals surface area contributed by atoms with Crippen molar-refractivity contribution in [2.24, 2.45) is 5.92 Å². The molecule has 0 aromatic heterocycles. The summed E-state index contributed by atoms with van der Waals surface area (Å²) in [5.74, 6) is 0.317. The molecule has 0 radical (unpaired) electrons. The van der Waals surface area contributed by atoms with Crippen LogP contribution < -0.4 is 5.32 Å². The van der Waals surface area contributed by atoms with E-state index in [2.05, 4.69) is 17.3 Å². The molecule has 1 heterocycles. The molecule has 0 amide bonds. The second-order valence-corrected chi connectivity index (χ2v) is 5.97. The summed E-state index contributed by atoms with van der Waals surface area (Å²) in [7, 11) is 4.00. The Morgan fingerprint density at radius 3 is 2.50 bits per heavy atom. The van der Waals surface area contributed by atoms with Crippen LogP contribution in [-0.2, 0) is 14.3 Å². The van der Waals surface area contributed by atoms with E-state index in [-0.39, 0.29) is 5.97 Å². The average molecular weight is 284 g/mol. The number of carbonyl (C=O) groups is 1. The maximum absolute atomic E-state index is 12.5. The molecule has 1 N–H and O–H groups in total. The minimum atomic E-state index is -0.539. The van der Waals surface area contributed by atoms with Crippen molar-refractivity contribution < 1.29 is 14.3 Å². The van der Waals surface area contributed by atoms with Crippen molar-refractivity contribution in [3.63, 3.8) is 0 Å². The summed E-state index contributed by atoms with van der Waals surface area (Å²) < 4.78 is 10.8.